The normalized spacial score (nSPS) is 11.1. The van der Waals surface area contributed by atoms with Crippen molar-refractivity contribution in [1.82, 2.24) is 9.97 Å². The number of methoxy groups -OCH3 is 2. The number of anilines is 1. The van der Waals surface area contributed by atoms with Crippen LogP contribution in [0, 0.1) is 13.8 Å². The molecular weight excluding hydrogens is 346 g/mol. The number of hydrogen-bond donors (Lipinski definition) is 0. The summed E-state index contributed by atoms with van der Waals surface area (Å²) in [7, 11) is 3.15. The van der Waals surface area contributed by atoms with E-state index in [0.717, 1.165) is 16.9 Å². The first-order valence-electron chi connectivity index (χ1n) is 8.67. The molecule has 7 heteroatoms. The number of rotatable bonds is 5. The SMILES string of the molecule is COc1cccc(N(Cc2ncc(C)c(OC)c2C)C(=O)OC(C)(C)C)n1. The molecule has 2 aromatic heterocycles. The quantitative estimate of drug-likeness (QED) is 0.787. The molecule has 0 atom stereocenters. The number of pyridine rings is 2. The van der Waals surface area contributed by atoms with Gasteiger partial charge < -0.3 is 14.2 Å². The van der Waals surface area contributed by atoms with Gasteiger partial charge in [-0.3, -0.25) is 9.88 Å². The molecule has 0 saturated heterocycles. The fourth-order valence-electron chi connectivity index (χ4n) is 2.60. The lowest BCUT2D eigenvalue weighted by Gasteiger charge is -2.27. The molecule has 0 fully saturated rings. The number of amides is 1. The van der Waals surface area contributed by atoms with Crippen molar-refractivity contribution >= 4 is 11.9 Å². The summed E-state index contributed by atoms with van der Waals surface area (Å²) in [5.74, 6) is 1.58. The summed E-state index contributed by atoms with van der Waals surface area (Å²) in [4.78, 5) is 23.2. The lowest BCUT2D eigenvalue weighted by atomic mass is 10.1. The van der Waals surface area contributed by atoms with Gasteiger partial charge in [-0.1, -0.05) is 6.07 Å². The summed E-state index contributed by atoms with van der Waals surface area (Å²) >= 11 is 0. The summed E-state index contributed by atoms with van der Waals surface area (Å²) in [5.41, 5.74) is 1.87. The first-order valence-corrected chi connectivity index (χ1v) is 8.67. The van der Waals surface area contributed by atoms with Gasteiger partial charge in [0, 0.05) is 23.4 Å². The summed E-state index contributed by atoms with van der Waals surface area (Å²) in [5, 5.41) is 0. The van der Waals surface area contributed by atoms with Gasteiger partial charge in [-0.05, 0) is 40.7 Å². The van der Waals surface area contributed by atoms with E-state index >= 15 is 0 Å². The van der Waals surface area contributed by atoms with Gasteiger partial charge in [0.2, 0.25) is 5.88 Å². The second-order valence-corrected chi connectivity index (χ2v) is 7.15. The third kappa shape index (κ3) is 5.09. The van der Waals surface area contributed by atoms with Crippen molar-refractivity contribution in [3.05, 3.63) is 41.2 Å². The van der Waals surface area contributed by atoms with Crippen molar-refractivity contribution in [1.29, 1.82) is 0 Å². The molecule has 2 rings (SSSR count). The smallest absolute Gasteiger partial charge is 0.416 e. The van der Waals surface area contributed by atoms with Crippen LogP contribution in [-0.2, 0) is 11.3 Å². The molecular formula is C20H27N3O4. The third-order valence-electron chi connectivity index (χ3n) is 3.87. The van der Waals surface area contributed by atoms with Gasteiger partial charge >= 0.3 is 6.09 Å². The molecule has 7 nitrogen and oxygen atoms in total. The van der Waals surface area contributed by atoms with E-state index in [2.05, 4.69) is 9.97 Å². The number of aryl methyl sites for hydroxylation is 1. The summed E-state index contributed by atoms with van der Waals surface area (Å²) in [6.07, 6.45) is 1.22. The molecule has 0 unspecified atom stereocenters. The summed E-state index contributed by atoms with van der Waals surface area (Å²) in [6, 6.07) is 5.22. The van der Waals surface area contributed by atoms with E-state index in [1.807, 2.05) is 34.6 Å². The number of carbonyl (C=O) groups excluding carboxylic acids is 1. The van der Waals surface area contributed by atoms with Crippen LogP contribution in [0.2, 0.25) is 0 Å². The minimum absolute atomic E-state index is 0.192. The highest BCUT2D eigenvalue weighted by molar-refractivity contribution is 5.86. The van der Waals surface area contributed by atoms with Gasteiger partial charge in [0.1, 0.15) is 17.2 Å². The van der Waals surface area contributed by atoms with Gasteiger partial charge in [-0.25, -0.2) is 4.79 Å². The number of nitrogens with zero attached hydrogens (tertiary/aromatic N) is 3. The fourth-order valence-corrected chi connectivity index (χ4v) is 2.60. The van der Waals surface area contributed by atoms with Crippen LogP contribution < -0.4 is 14.4 Å². The minimum atomic E-state index is -0.637. The lowest BCUT2D eigenvalue weighted by Crippen LogP contribution is -2.37. The second-order valence-electron chi connectivity index (χ2n) is 7.15. The maximum atomic E-state index is 12.9. The zero-order valence-corrected chi connectivity index (χ0v) is 17.0. The lowest BCUT2D eigenvalue weighted by molar-refractivity contribution is 0.0575. The highest BCUT2D eigenvalue weighted by atomic mass is 16.6. The summed E-state index contributed by atoms with van der Waals surface area (Å²) < 4.78 is 16.2. The van der Waals surface area contributed by atoms with Gasteiger partial charge in [0.25, 0.3) is 0 Å². The second kappa shape index (κ2) is 8.24. The van der Waals surface area contributed by atoms with Crippen LogP contribution in [0.3, 0.4) is 0 Å². The van der Waals surface area contributed by atoms with Crippen LogP contribution in [0.5, 0.6) is 11.6 Å². The number of aromatic nitrogens is 2. The Hall–Kier alpha value is -2.83. The minimum Gasteiger partial charge on any atom is -0.496 e. The Kier molecular flexibility index (Phi) is 6.25. The Morgan fingerprint density at radius 3 is 2.44 bits per heavy atom. The predicted octanol–water partition coefficient (Wildman–Crippen LogP) is 4.05. The monoisotopic (exact) mass is 373 g/mol. The van der Waals surface area contributed by atoms with Crippen molar-refractivity contribution in [2.75, 3.05) is 19.1 Å². The Balaban J connectivity index is 2.45. The van der Waals surface area contributed by atoms with E-state index in [0.29, 0.717) is 17.4 Å². The highest BCUT2D eigenvalue weighted by Gasteiger charge is 2.26. The average molecular weight is 373 g/mol. The van der Waals surface area contributed by atoms with Crippen LogP contribution in [0.4, 0.5) is 10.6 Å². The Morgan fingerprint density at radius 2 is 1.85 bits per heavy atom. The van der Waals surface area contributed by atoms with E-state index in [4.69, 9.17) is 14.2 Å². The van der Waals surface area contributed by atoms with E-state index in [-0.39, 0.29) is 6.54 Å². The molecule has 0 spiro atoms. The maximum Gasteiger partial charge on any atom is 0.416 e. The molecule has 0 radical (unpaired) electrons. The van der Waals surface area contributed by atoms with Crippen LogP contribution in [-0.4, -0.2) is 35.9 Å². The van der Waals surface area contributed by atoms with E-state index < -0.39 is 11.7 Å². The van der Waals surface area contributed by atoms with Crippen LogP contribution in [0.15, 0.2) is 24.4 Å². The molecule has 0 aliphatic rings. The number of carbonyl (C=O) groups is 1. The van der Waals surface area contributed by atoms with Crippen molar-refractivity contribution in [3.63, 3.8) is 0 Å². The van der Waals surface area contributed by atoms with Crippen molar-refractivity contribution in [2.24, 2.45) is 0 Å². The molecule has 0 aliphatic heterocycles. The van der Waals surface area contributed by atoms with Gasteiger partial charge in [-0.15, -0.1) is 0 Å². The number of hydrogen-bond acceptors (Lipinski definition) is 6. The van der Waals surface area contributed by atoms with Crippen molar-refractivity contribution in [2.45, 2.75) is 46.8 Å². The van der Waals surface area contributed by atoms with Crippen molar-refractivity contribution in [3.8, 4) is 11.6 Å². The molecule has 0 saturated carbocycles. The molecule has 2 aromatic rings. The Morgan fingerprint density at radius 1 is 1.15 bits per heavy atom. The third-order valence-corrected chi connectivity index (χ3v) is 3.87. The van der Waals surface area contributed by atoms with E-state index in [1.54, 1.807) is 31.5 Å². The van der Waals surface area contributed by atoms with E-state index in [9.17, 15) is 4.79 Å². The Bertz CT molecular complexity index is 815. The molecule has 2 heterocycles. The molecule has 1 amide bonds. The topological polar surface area (TPSA) is 73.8 Å². The highest BCUT2D eigenvalue weighted by Crippen LogP contribution is 2.27. The molecule has 0 aromatic carbocycles. The standard InChI is InChI=1S/C20H27N3O4/c1-13-11-21-15(14(2)18(13)26-7)12-23(19(24)27-20(3,4)5)16-9-8-10-17(22-16)25-6/h8-11H,12H2,1-7H3. The first-order chi connectivity index (χ1) is 12.7. The van der Waals surface area contributed by atoms with Gasteiger partial charge in [-0.2, -0.15) is 4.98 Å². The average Bonchev–Trinajstić information content (AvgIpc) is 2.60. The Labute approximate surface area is 160 Å². The van der Waals surface area contributed by atoms with Gasteiger partial charge in [0.15, 0.2) is 0 Å². The fraction of sp³-hybridized carbons (Fsp3) is 0.450. The first kappa shape index (κ1) is 20.5. The molecule has 0 aliphatic carbocycles. The van der Waals surface area contributed by atoms with Crippen molar-refractivity contribution < 1.29 is 19.0 Å². The summed E-state index contributed by atoms with van der Waals surface area (Å²) in [6.45, 7) is 9.50. The zero-order valence-electron chi connectivity index (χ0n) is 17.0. The molecule has 27 heavy (non-hydrogen) atoms. The van der Waals surface area contributed by atoms with Gasteiger partial charge in [0.05, 0.1) is 26.5 Å². The zero-order chi connectivity index (χ0) is 20.2. The molecule has 146 valence electrons. The van der Waals surface area contributed by atoms with E-state index in [1.165, 1.54) is 12.0 Å². The number of ether oxygens (including phenoxy) is 3. The molecule has 0 N–H and O–H groups in total. The van der Waals surface area contributed by atoms with Crippen LogP contribution in [0.1, 0.15) is 37.6 Å². The predicted molar refractivity (Wildman–Crippen MR) is 103 cm³/mol. The van der Waals surface area contributed by atoms with Crippen LogP contribution >= 0.6 is 0 Å². The maximum absolute atomic E-state index is 12.9. The molecule has 0 bridgehead atoms. The van der Waals surface area contributed by atoms with Crippen LogP contribution in [0.25, 0.3) is 0 Å². The largest absolute Gasteiger partial charge is 0.496 e.